The van der Waals surface area contributed by atoms with E-state index in [1.165, 1.54) is 6.26 Å². The van der Waals surface area contributed by atoms with Crippen LogP contribution in [-0.4, -0.2) is 29.3 Å². The van der Waals surface area contributed by atoms with Crippen LogP contribution < -0.4 is 0 Å². The third kappa shape index (κ3) is 4.80. The smallest absolute Gasteiger partial charge is 0.175 e. The van der Waals surface area contributed by atoms with E-state index in [1.807, 2.05) is 53.2 Å². The summed E-state index contributed by atoms with van der Waals surface area (Å²) in [5.74, 6) is 0.643. The van der Waals surface area contributed by atoms with Gasteiger partial charge in [-0.25, -0.2) is 13.4 Å². The molecule has 0 saturated carbocycles. The van der Waals surface area contributed by atoms with E-state index >= 15 is 0 Å². The SMILES string of the molecule is CCc1cc(-c2cccc(S(C)(=O)=O)c2)ccc1-n1cc(C(C)(C)O)nc1-c1ccccc1Cl. The average molecular weight is 495 g/mol. The zero-order valence-electron chi connectivity index (χ0n) is 19.6. The number of aryl methyl sites for hydroxylation is 1. The second-order valence-corrected chi connectivity index (χ2v) is 11.3. The van der Waals surface area contributed by atoms with Crippen LogP contribution in [0, 0.1) is 0 Å². The Kier molecular flexibility index (Phi) is 6.42. The molecule has 34 heavy (non-hydrogen) atoms. The summed E-state index contributed by atoms with van der Waals surface area (Å²) in [7, 11) is -3.30. The van der Waals surface area contributed by atoms with Crippen molar-refractivity contribution in [3.8, 4) is 28.2 Å². The second-order valence-electron chi connectivity index (χ2n) is 8.86. The number of nitrogens with zero attached hydrogens (tertiary/aromatic N) is 2. The minimum atomic E-state index is -3.30. The minimum Gasteiger partial charge on any atom is -0.384 e. The van der Waals surface area contributed by atoms with E-state index in [1.54, 1.807) is 32.0 Å². The molecule has 3 aromatic carbocycles. The molecule has 4 rings (SSSR count). The normalized spacial score (nSPS) is 12.2. The van der Waals surface area contributed by atoms with Crippen LogP contribution in [0.1, 0.15) is 32.0 Å². The van der Waals surface area contributed by atoms with Crippen LogP contribution >= 0.6 is 11.6 Å². The summed E-state index contributed by atoms with van der Waals surface area (Å²) >= 11 is 6.51. The number of aliphatic hydroxyl groups is 1. The quantitative estimate of drug-likeness (QED) is 0.354. The summed E-state index contributed by atoms with van der Waals surface area (Å²) in [5.41, 5.74) is 3.91. The Balaban J connectivity index is 1.89. The van der Waals surface area contributed by atoms with Gasteiger partial charge in [0, 0.05) is 18.0 Å². The molecule has 1 heterocycles. The standard InChI is InChI=1S/C27H27ClN2O3S/c1-5-18-15-20(19-9-8-10-21(16-19)34(4,32)33)13-14-24(18)30-17-25(27(2,3)31)29-26(30)22-11-6-7-12-23(22)28/h6-17,31H,5H2,1-4H3. The van der Waals surface area contributed by atoms with Crippen molar-refractivity contribution in [3.05, 3.63) is 89.2 Å². The first-order chi connectivity index (χ1) is 16.0. The molecule has 0 fully saturated rings. The summed E-state index contributed by atoms with van der Waals surface area (Å²) in [6.45, 7) is 5.47. The molecule has 0 bridgehead atoms. The lowest BCUT2D eigenvalue weighted by molar-refractivity contribution is 0.0743. The number of sulfone groups is 1. The second kappa shape index (κ2) is 9.02. The van der Waals surface area contributed by atoms with Gasteiger partial charge in [0.1, 0.15) is 11.4 Å². The van der Waals surface area contributed by atoms with Gasteiger partial charge in [-0.1, -0.05) is 48.9 Å². The molecule has 1 aromatic heterocycles. The van der Waals surface area contributed by atoms with Gasteiger partial charge < -0.3 is 5.11 Å². The molecule has 5 nitrogen and oxygen atoms in total. The topological polar surface area (TPSA) is 72.2 Å². The fourth-order valence-electron chi connectivity index (χ4n) is 3.88. The fourth-order valence-corrected chi connectivity index (χ4v) is 4.77. The molecule has 4 aromatic rings. The zero-order valence-corrected chi connectivity index (χ0v) is 21.2. The van der Waals surface area contributed by atoms with Crippen molar-refractivity contribution in [1.29, 1.82) is 0 Å². The van der Waals surface area contributed by atoms with Gasteiger partial charge >= 0.3 is 0 Å². The number of benzene rings is 3. The highest BCUT2D eigenvalue weighted by atomic mass is 35.5. The highest BCUT2D eigenvalue weighted by Crippen LogP contribution is 2.34. The third-order valence-corrected chi connectivity index (χ3v) is 7.20. The Morgan fingerprint density at radius 2 is 1.71 bits per heavy atom. The van der Waals surface area contributed by atoms with Gasteiger partial charge in [0.2, 0.25) is 0 Å². The van der Waals surface area contributed by atoms with E-state index in [4.69, 9.17) is 16.6 Å². The first kappa shape index (κ1) is 24.2. The summed E-state index contributed by atoms with van der Waals surface area (Å²) in [4.78, 5) is 5.03. The van der Waals surface area contributed by atoms with E-state index in [-0.39, 0.29) is 4.90 Å². The molecule has 0 radical (unpaired) electrons. The average Bonchev–Trinajstić information content (AvgIpc) is 3.24. The number of imidazole rings is 1. The molecule has 1 N–H and O–H groups in total. The summed E-state index contributed by atoms with van der Waals surface area (Å²) in [6, 6.07) is 20.5. The lowest BCUT2D eigenvalue weighted by Gasteiger charge is -2.15. The van der Waals surface area contributed by atoms with Gasteiger partial charge in [0.05, 0.1) is 21.3 Å². The lowest BCUT2D eigenvalue weighted by atomic mass is 10.00. The Morgan fingerprint density at radius 3 is 2.35 bits per heavy atom. The first-order valence-corrected chi connectivity index (χ1v) is 13.3. The number of halogens is 1. The van der Waals surface area contributed by atoms with Crippen LogP contribution in [0.5, 0.6) is 0 Å². The predicted octanol–water partition coefficient (Wildman–Crippen LogP) is 6.05. The Morgan fingerprint density at radius 1 is 1.00 bits per heavy atom. The van der Waals surface area contributed by atoms with Gasteiger partial charge in [-0.2, -0.15) is 0 Å². The molecule has 0 spiro atoms. The summed E-state index contributed by atoms with van der Waals surface area (Å²) in [5, 5.41) is 11.2. The summed E-state index contributed by atoms with van der Waals surface area (Å²) in [6.07, 6.45) is 3.80. The van der Waals surface area contributed by atoms with Crippen LogP contribution in [-0.2, 0) is 21.9 Å². The number of hydrogen-bond acceptors (Lipinski definition) is 4. The van der Waals surface area contributed by atoms with Gasteiger partial charge in [0.25, 0.3) is 0 Å². The predicted molar refractivity (Wildman–Crippen MR) is 137 cm³/mol. The molecule has 176 valence electrons. The van der Waals surface area contributed by atoms with Crippen LogP contribution in [0.15, 0.2) is 77.8 Å². The molecule has 0 aliphatic carbocycles. The van der Waals surface area contributed by atoms with E-state index in [0.717, 1.165) is 34.4 Å². The van der Waals surface area contributed by atoms with Crippen molar-refractivity contribution in [2.75, 3.05) is 6.26 Å². The van der Waals surface area contributed by atoms with Crippen LogP contribution in [0.2, 0.25) is 5.02 Å². The molecule has 0 saturated heterocycles. The minimum absolute atomic E-state index is 0.289. The van der Waals surface area contributed by atoms with Crippen LogP contribution in [0.3, 0.4) is 0 Å². The number of aromatic nitrogens is 2. The van der Waals surface area contributed by atoms with Crippen molar-refractivity contribution in [2.24, 2.45) is 0 Å². The molecule has 0 amide bonds. The number of rotatable bonds is 6. The van der Waals surface area contributed by atoms with E-state index in [2.05, 4.69) is 13.0 Å². The molecule has 0 aliphatic heterocycles. The van der Waals surface area contributed by atoms with Crippen molar-refractivity contribution in [2.45, 2.75) is 37.7 Å². The van der Waals surface area contributed by atoms with Crippen molar-refractivity contribution >= 4 is 21.4 Å². The van der Waals surface area contributed by atoms with Gasteiger partial charge in [0.15, 0.2) is 9.84 Å². The van der Waals surface area contributed by atoms with E-state index in [0.29, 0.717) is 16.5 Å². The van der Waals surface area contributed by atoms with Crippen molar-refractivity contribution in [1.82, 2.24) is 9.55 Å². The molecule has 0 unspecified atom stereocenters. The highest BCUT2D eigenvalue weighted by molar-refractivity contribution is 7.90. The lowest BCUT2D eigenvalue weighted by Crippen LogP contribution is -2.15. The highest BCUT2D eigenvalue weighted by Gasteiger charge is 2.24. The maximum absolute atomic E-state index is 12.0. The van der Waals surface area contributed by atoms with Gasteiger partial charge in [-0.05, 0) is 73.4 Å². The Hall–Kier alpha value is -2.93. The Labute approximate surface area is 205 Å². The third-order valence-electron chi connectivity index (χ3n) is 5.76. The zero-order chi connectivity index (χ0) is 24.7. The molecule has 0 atom stereocenters. The first-order valence-electron chi connectivity index (χ1n) is 11.0. The van der Waals surface area contributed by atoms with Gasteiger partial charge in [-0.3, -0.25) is 4.57 Å². The van der Waals surface area contributed by atoms with E-state index in [9.17, 15) is 13.5 Å². The summed E-state index contributed by atoms with van der Waals surface area (Å²) < 4.78 is 26.0. The molecular formula is C27H27ClN2O3S. The number of hydrogen-bond donors (Lipinski definition) is 1. The van der Waals surface area contributed by atoms with Crippen molar-refractivity contribution < 1.29 is 13.5 Å². The molecular weight excluding hydrogens is 468 g/mol. The Bertz CT molecular complexity index is 1470. The fraction of sp³-hybridized carbons (Fsp3) is 0.222. The largest absolute Gasteiger partial charge is 0.384 e. The molecule has 0 aliphatic rings. The van der Waals surface area contributed by atoms with E-state index < -0.39 is 15.4 Å². The van der Waals surface area contributed by atoms with Crippen LogP contribution in [0.4, 0.5) is 0 Å². The van der Waals surface area contributed by atoms with Crippen molar-refractivity contribution in [3.63, 3.8) is 0 Å². The monoisotopic (exact) mass is 494 g/mol. The van der Waals surface area contributed by atoms with Crippen LogP contribution in [0.25, 0.3) is 28.2 Å². The van der Waals surface area contributed by atoms with Gasteiger partial charge in [-0.15, -0.1) is 0 Å². The maximum atomic E-state index is 12.0. The molecule has 7 heteroatoms. The maximum Gasteiger partial charge on any atom is 0.175 e.